The fraction of sp³-hybridized carbons (Fsp3) is 0.786. The Balaban J connectivity index is 2.49. The molecule has 0 aromatic carbocycles. The lowest BCUT2D eigenvalue weighted by Gasteiger charge is -2.25. The number of allylic oxidation sites excluding steroid dienone is 1. The first-order valence-electron chi connectivity index (χ1n) is 6.45. The number of amides is 1. The topological polar surface area (TPSA) is 29.1 Å². The van der Waals surface area contributed by atoms with Crippen molar-refractivity contribution in [2.24, 2.45) is 17.8 Å². The minimum Gasteiger partial charge on any atom is -0.359 e. The third-order valence-electron chi connectivity index (χ3n) is 3.56. The van der Waals surface area contributed by atoms with Crippen LogP contribution in [0.4, 0.5) is 0 Å². The minimum absolute atomic E-state index is 0.0602. The van der Waals surface area contributed by atoms with Crippen LogP contribution in [0.1, 0.15) is 46.5 Å². The molecule has 0 radical (unpaired) electrons. The first kappa shape index (κ1) is 13.3. The van der Waals surface area contributed by atoms with Gasteiger partial charge in [0.15, 0.2) is 0 Å². The van der Waals surface area contributed by atoms with Crippen molar-refractivity contribution in [2.45, 2.75) is 46.5 Å². The summed E-state index contributed by atoms with van der Waals surface area (Å²) in [6, 6.07) is 0. The van der Waals surface area contributed by atoms with Crippen molar-refractivity contribution in [3.8, 4) is 0 Å². The van der Waals surface area contributed by atoms with Crippen LogP contribution in [0.3, 0.4) is 0 Å². The molecule has 0 unspecified atom stereocenters. The van der Waals surface area contributed by atoms with E-state index in [-0.39, 0.29) is 11.8 Å². The van der Waals surface area contributed by atoms with Gasteiger partial charge in [-0.3, -0.25) is 4.79 Å². The molecule has 0 aliphatic heterocycles. The summed E-state index contributed by atoms with van der Waals surface area (Å²) >= 11 is 0. The molecule has 0 fully saturated rings. The molecule has 0 aromatic heterocycles. The van der Waals surface area contributed by atoms with E-state index in [1.807, 2.05) is 6.92 Å². The van der Waals surface area contributed by atoms with Crippen molar-refractivity contribution in [2.75, 3.05) is 7.05 Å². The van der Waals surface area contributed by atoms with Crippen LogP contribution in [0.2, 0.25) is 0 Å². The maximum atomic E-state index is 11.5. The van der Waals surface area contributed by atoms with Crippen LogP contribution in [0.15, 0.2) is 11.6 Å². The van der Waals surface area contributed by atoms with Crippen LogP contribution < -0.4 is 5.32 Å². The molecular formula is C14H25NO. The van der Waals surface area contributed by atoms with E-state index in [9.17, 15) is 4.79 Å². The smallest absolute Gasteiger partial charge is 0.226 e. The monoisotopic (exact) mass is 223 g/mol. The van der Waals surface area contributed by atoms with E-state index >= 15 is 0 Å². The Morgan fingerprint density at radius 2 is 2.19 bits per heavy atom. The SMILES string of the molecule is CNC(=O)[C@@H](C)C1=CC[C@H](CC(C)C)CC1. The van der Waals surface area contributed by atoms with Gasteiger partial charge in [0.25, 0.3) is 0 Å². The lowest BCUT2D eigenvalue weighted by atomic mass is 9.81. The van der Waals surface area contributed by atoms with Crippen LogP contribution in [0.25, 0.3) is 0 Å². The highest BCUT2D eigenvalue weighted by molar-refractivity contribution is 5.80. The Kier molecular flexibility index (Phi) is 5.04. The highest BCUT2D eigenvalue weighted by atomic mass is 16.1. The van der Waals surface area contributed by atoms with E-state index in [2.05, 4.69) is 25.2 Å². The number of hydrogen-bond donors (Lipinski definition) is 1. The highest BCUT2D eigenvalue weighted by Gasteiger charge is 2.21. The van der Waals surface area contributed by atoms with E-state index in [4.69, 9.17) is 0 Å². The summed E-state index contributed by atoms with van der Waals surface area (Å²) in [7, 11) is 1.71. The molecular weight excluding hydrogens is 198 g/mol. The molecule has 0 saturated carbocycles. The molecule has 16 heavy (non-hydrogen) atoms. The van der Waals surface area contributed by atoms with Crippen molar-refractivity contribution < 1.29 is 4.79 Å². The van der Waals surface area contributed by atoms with Gasteiger partial charge in [0.1, 0.15) is 0 Å². The highest BCUT2D eigenvalue weighted by Crippen LogP contribution is 2.31. The van der Waals surface area contributed by atoms with Gasteiger partial charge in [0, 0.05) is 7.05 Å². The average molecular weight is 223 g/mol. The van der Waals surface area contributed by atoms with Gasteiger partial charge in [-0.05, 0) is 44.4 Å². The largest absolute Gasteiger partial charge is 0.359 e. The Bertz CT molecular complexity index is 268. The number of hydrogen-bond acceptors (Lipinski definition) is 1. The van der Waals surface area contributed by atoms with Crippen molar-refractivity contribution in [3.05, 3.63) is 11.6 Å². The third-order valence-corrected chi connectivity index (χ3v) is 3.56. The molecule has 1 aliphatic rings. The molecule has 1 aliphatic carbocycles. The van der Waals surface area contributed by atoms with Crippen LogP contribution >= 0.6 is 0 Å². The standard InChI is InChI=1S/C14H25NO/c1-10(2)9-12-5-7-13(8-6-12)11(3)14(16)15-4/h7,10-12H,5-6,8-9H2,1-4H3,(H,15,16)/t11-,12-/m0/s1. The Hall–Kier alpha value is -0.790. The van der Waals surface area contributed by atoms with Gasteiger partial charge in [0.2, 0.25) is 5.91 Å². The van der Waals surface area contributed by atoms with Crippen LogP contribution in [0, 0.1) is 17.8 Å². The second-order valence-corrected chi connectivity index (χ2v) is 5.38. The van der Waals surface area contributed by atoms with Crippen LogP contribution in [-0.2, 0) is 4.79 Å². The van der Waals surface area contributed by atoms with Gasteiger partial charge in [-0.2, -0.15) is 0 Å². The van der Waals surface area contributed by atoms with Crippen LogP contribution in [-0.4, -0.2) is 13.0 Å². The fourth-order valence-electron chi connectivity index (χ4n) is 2.57. The van der Waals surface area contributed by atoms with Gasteiger partial charge in [-0.25, -0.2) is 0 Å². The molecule has 1 rings (SSSR count). The number of carbonyl (C=O) groups is 1. The normalized spacial score (nSPS) is 22.8. The summed E-state index contributed by atoms with van der Waals surface area (Å²) in [5, 5.41) is 2.73. The molecule has 92 valence electrons. The molecule has 2 atom stereocenters. The quantitative estimate of drug-likeness (QED) is 0.729. The lowest BCUT2D eigenvalue weighted by Crippen LogP contribution is -2.27. The van der Waals surface area contributed by atoms with Crippen molar-refractivity contribution >= 4 is 5.91 Å². The Morgan fingerprint density at radius 3 is 2.62 bits per heavy atom. The van der Waals surface area contributed by atoms with Crippen molar-refractivity contribution in [3.63, 3.8) is 0 Å². The third kappa shape index (κ3) is 3.66. The molecule has 0 aromatic rings. The van der Waals surface area contributed by atoms with E-state index in [1.54, 1.807) is 7.05 Å². The van der Waals surface area contributed by atoms with E-state index in [0.29, 0.717) is 0 Å². The molecule has 0 bridgehead atoms. The molecule has 0 saturated heterocycles. The maximum Gasteiger partial charge on any atom is 0.226 e. The van der Waals surface area contributed by atoms with Crippen LogP contribution in [0.5, 0.6) is 0 Å². The molecule has 2 heteroatoms. The summed E-state index contributed by atoms with van der Waals surface area (Å²) in [6.07, 6.45) is 7.14. The zero-order valence-electron chi connectivity index (χ0n) is 11.0. The summed E-state index contributed by atoms with van der Waals surface area (Å²) in [6.45, 7) is 6.58. The zero-order chi connectivity index (χ0) is 12.1. The minimum atomic E-state index is 0.0602. The number of nitrogens with one attached hydrogen (secondary N) is 1. The second-order valence-electron chi connectivity index (χ2n) is 5.38. The zero-order valence-corrected chi connectivity index (χ0v) is 11.0. The maximum absolute atomic E-state index is 11.5. The fourth-order valence-corrected chi connectivity index (χ4v) is 2.57. The number of rotatable bonds is 4. The molecule has 0 spiro atoms. The van der Waals surface area contributed by atoms with Gasteiger partial charge in [0.05, 0.1) is 5.92 Å². The van der Waals surface area contributed by atoms with Gasteiger partial charge >= 0.3 is 0 Å². The second kappa shape index (κ2) is 6.07. The summed E-state index contributed by atoms with van der Waals surface area (Å²) in [4.78, 5) is 11.5. The predicted octanol–water partition coefficient (Wildman–Crippen LogP) is 3.14. The molecule has 2 nitrogen and oxygen atoms in total. The van der Waals surface area contributed by atoms with Gasteiger partial charge in [-0.15, -0.1) is 0 Å². The lowest BCUT2D eigenvalue weighted by molar-refractivity contribution is -0.123. The summed E-state index contributed by atoms with van der Waals surface area (Å²) in [5.74, 6) is 1.83. The van der Waals surface area contributed by atoms with E-state index in [1.165, 1.54) is 18.4 Å². The average Bonchev–Trinajstić information content (AvgIpc) is 2.27. The van der Waals surface area contributed by atoms with Gasteiger partial charge < -0.3 is 5.32 Å². The summed E-state index contributed by atoms with van der Waals surface area (Å²) < 4.78 is 0. The van der Waals surface area contributed by atoms with E-state index in [0.717, 1.165) is 24.7 Å². The Labute approximate surface area is 99.5 Å². The molecule has 0 heterocycles. The Morgan fingerprint density at radius 1 is 1.50 bits per heavy atom. The summed E-state index contributed by atoms with van der Waals surface area (Å²) in [5.41, 5.74) is 1.33. The molecule has 1 N–H and O–H groups in total. The van der Waals surface area contributed by atoms with E-state index < -0.39 is 0 Å². The number of carbonyl (C=O) groups excluding carboxylic acids is 1. The van der Waals surface area contributed by atoms with Gasteiger partial charge in [-0.1, -0.05) is 25.5 Å². The molecule has 1 amide bonds. The predicted molar refractivity (Wildman–Crippen MR) is 68.1 cm³/mol. The first-order valence-corrected chi connectivity index (χ1v) is 6.45. The van der Waals surface area contributed by atoms with Crippen molar-refractivity contribution in [1.82, 2.24) is 5.32 Å². The van der Waals surface area contributed by atoms with Crippen molar-refractivity contribution in [1.29, 1.82) is 0 Å². The first-order chi connectivity index (χ1) is 7.54.